The van der Waals surface area contributed by atoms with Crippen LogP contribution in [0.15, 0.2) is 0 Å². The average molecular weight is 313 g/mol. The van der Waals surface area contributed by atoms with Crippen molar-refractivity contribution in [3.8, 4) is 0 Å². The van der Waals surface area contributed by atoms with Gasteiger partial charge >= 0.3 is 24.2 Å². The van der Waals surface area contributed by atoms with E-state index in [0.717, 1.165) is 0 Å². The van der Waals surface area contributed by atoms with Gasteiger partial charge in [-0.15, -0.1) is 0 Å². The minimum absolute atomic E-state index is 0.173. The van der Waals surface area contributed by atoms with Crippen LogP contribution in [-0.4, -0.2) is 30.2 Å². The Labute approximate surface area is 108 Å². The monoisotopic (exact) mass is 313 g/mol. The summed E-state index contributed by atoms with van der Waals surface area (Å²) in [5.41, 5.74) is 0. The summed E-state index contributed by atoms with van der Waals surface area (Å²) >= 11 is 0. The van der Waals surface area contributed by atoms with Crippen LogP contribution in [0, 0.1) is 5.92 Å². The van der Waals surface area contributed by atoms with Gasteiger partial charge in [0.15, 0.2) is 0 Å². The highest BCUT2D eigenvalue weighted by molar-refractivity contribution is 5.84. The van der Waals surface area contributed by atoms with E-state index >= 15 is 0 Å². The van der Waals surface area contributed by atoms with E-state index in [4.69, 9.17) is 0 Å². The number of rotatable bonds is 2. The van der Waals surface area contributed by atoms with Gasteiger partial charge in [0.2, 0.25) is 0 Å². The zero-order chi connectivity index (χ0) is 15.8. The predicted molar refractivity (Wildman–Crippen MR) is 50.9 cm³/mol. The molecule has 118 valence electrons. The Bertz CT molecular complexity index is 361. The number of alkyl halides is 8. The Kier molecular flexibility index (Phi) is 4.55. The van der Waals surface area contributed by atoms with Crippen LogP contribution in [0.5, 0.6) is 0 Å². The average Bonchev–Trinajstić information content (AvgIpc) is 2.26. The smallest absolute Gasteiger partial charge is 0.347 e. The molecule has 0 aromatic rings. The zero-order valence-electron chi connectivity index (χ0n) is 9.92. The van der Waals surface area contributed by atoms with Gasteiger partial charge in [0.1, 0.15) is 0 Å². The number of amides is 1. The van der Waals surface area contributed by atoms with Crippen LogP contribution in [-0.2, 0) is 4.79 Å². The van der Waals surface area contributed by atoms with Crippen molar-refractivity contribution in [1.29, 1.82) is 0 Å². The van der Waals surface area contributed by atoms with E-state index in [-0.39, 0.29) is 19.3 Å². The summed E-state index contributed by atoms with van der Waals surface area (Å²) in [5.74, 6) is -10.6. The van der Waals surface area contributed by atoms with E-state index in [1.165, 1.54) is 5.32 Å². The molecular formula is C10H11F8NO. The molecule has 0 aromatic carbocycles. The molecule has 0 spiro atoms. The molecule has 1 N–H and O–H groups in total. The van der Waals surface area contributed by atoms with E-state index in [1.54, 1.807) is 0 Å². The lowest BCUT2D eigenvalue weighted by atomic mass is 9.84. The summed E-state index contributed by atoms with van der Waals surface area (Å²) in [4.78, 5) is 10.9. The molecule has 10 heteroatoms. The number of hydrogen-bond acceptors (Lipinski definition) is 1. The molecule has 2 nitrogen and oxygen atoms in total. The highest BCUT2D eigenvalue weighted by Crippen LogP contribution is 2.39. The van der Waals surface area contributed by atoms with Crippen molar-refractivity contribution in [2.45, 2.75) is 50.0 Å². The molecule has 0 heterocycles. The van der Waals surface area contributed by atoms with E-state index in [9.17, 15) is 39.9 Å². The summed E-state index contributed by atoms with van der Waals surface area (Å²) in [6.07, 6.45) is -11.2. The highest BCUT2D eigenvalue weighted by Gasteiger charge is 2.64. The molecule has 2 atom stereocenters. The maximum atomic E-state index is 12.7. The highest BCUT2D eigenvalue weighted by atomic mass is 19.4. The third-order valence-electron chi connectivity index (χ3n) is 3.14. The molecule has 0 aliphatic heterocycles. The van der Waals surface area contributed by atoms with E-state index < -0.39 is 42.6 Å². The Morgan fingerprint density at radius 2 is 1.40 bits per heavy atom. The Morgan fingerprint density at radius 3 is 1.85 bits per heavy atom. The fraction of sp³-hybridized carbons (Fsp3) is 0.900. The van der Waals surface area contributed by atoms with E-state index in [0.29, 0.717) is 0 Å². The van der Waals surface area contributed by atoms with Crippen molar-refractivity contribution in [3.63, 3.8) is 0 Å². The van der Waals surface area contributed by atoms with Crippen LogP contribution in [0.3, 0.4) is 0 Å². The van der Waals surface area contributed by atoms with Crippen molar-refractivity contribution >= 4 is 5.91 Å². The summed E-state index contributed by atoms with van der Waals surface area (Å²) in [6, 6.07) is -1.76. The standard InChI is InChI=1S/C10H11F8NO/c11-8(12,10(16,17)18)7(20)19-6-4-2-1-3-5(6)9(13,14)15/h5-6H,1-4H2,(H,19,20). The quantitative estimate of drug-likeness (QED) is 0.778. The number of nitrogens with one attached hydrogen (secondary N) is 1. The lowest BCUT2D eigenvalue weighted by Crippen LogP contribution is -2.56. The fourth-order valence-electron chi connectivity index (χ4n) is 2.08. The van der Waals surface area contributed by atoms with Crippen molar-refractivity contribution in [2.75, 3.05) is 0 Å². The number of carbonyl (C=O) groups excluding carboxylic acids is 1. The Balaban J connectivity index is 2.83. The molecule has 1 rings (SSSR count). The summed E-state index contributed by atoms with van der Waals surface area (Å²) in [7, 11) is 0. The zero-order valence-corrected chi connectivity index (χ0v) is 9.92. The molecule has 1 aliphatic rings. The maximum absolute atomic E-state index is 12.7. The maximum Gasteiger partial charge on any atom is 0.463 e. The first-order chi connectivity index (χ1) is 8.87. The minimum atomic E-state index is -6.14. The van der Waals surface area contributed by atoms with Gasteiger partial charge in [-0.2, -0.15) is 35.1 Å². The molecule has 1 fully saturated rings. The summed E-state index contributed by atoms with van der Waals surface area (Å²) < 4.78 is 99.0. The normalized spacial score (nSPS) is 25.4. The van der Waals surface area contributed by atoms with Gasteiger partial charge < -0.3 is 5.32 Å². The first-order valence-electron chi connectivity index (χ1n) is 5.69. The molecule has 0 radical (unpaired) electrons. The number of halogens is 8. The van der Waals surface area contributed by atoms with Crippen LogP contribution in [0.1, 0.15) is 25.7 Å². The molecule has 1 saturated carbocycles. The molecule has 2 unspecified atom stereocenters. The topological polar surface area (TPSA) is 29.1 Å². The molecule has 0 saturated heterocycles. The molecule has 1 aliphatic carbocycles. The molecular weight excluding hydrogens is 302 g/mol. The van der Waals surface area contributed by atoms with Gasteiger partial charge in [-0.1, -0.05) is 12.8 Å². The second-order valence-corrected chi connectivity index (χ2v) is 4.58. The van der Waals surface area contributed by atoms with Crippen LogP contribution < -0.4 is 5.32 Å². The lowest BCUT2D eigenvalue weighted by Gasteiger charge is -2.34. The predicted octanol–water partition coefficient (Wildman–Crippen LogP) is 3.42. The second-order valence-electron chi connectivity index (χ2n) is 4.58. The number of carbonyl (C=O) groups is 1. The minimum Gasteiger partial charge on any atom is -0.347 e. The van der Waals surface area contributed by atoms with Crippen molar-refractivity contribution in [2.24, 2.45) is 5.92 Å². The fourth-order valence-corrected chi connectivity index (χ4v) is 2.08. The van der Waals surface area contributed by atoms with Crippen LogP contribution in [0.4, 0.5) is 35.1 Å². The van der Waals surface area contributed by atoms with Crippen molar-refractivity contribution in [3.05, 3.63) is 0 Å². The third-order valence-corrected chi connectivity index (χ3v) is 3.14. The van der Waals surface area contributed by atoms with Gasteiger partial charge in [-0.05, 0) is 12.8 Å². The van der Waals surface area contributed by atoms with E-state index in [2.05, 4.69) is 0 Å². The largest absolute Gasteiger partial charge is 0.463 e. The molecule has 1 amide bonds. The van der Waals surface area contributed by atoms with Gasteiger partial charge in [-0.25, -0.2) is 0 Å². The van der Waals surface area contributed by atoms with Gasteiger partial charge in [0, 0.05) is 6.04 Å². The number of hydrogen-bond donors (Lipinski definition) is 1. The van der Waals surface area contributed by atoms with Crippen LogP contribution in [0.2, 0.25) is 0 Å². The Hall–Kier alpha value is -1.09. The van der Waals surface area contributed by atoms with Crippen LogP contribution >= 0.6 is 0 Å². The third kappa shape index (κ3) is 3.51. The SMILES string of the molecule is O=C(NC1CCCCC1C(F)(F)F)C(F)(F)C(F)(F)F. The Morgan fingerprint density at radius 1 is 0.900 bits per heavy atom. The van der Waals surface area contributed by atoms with Crippen molar-refractivity contribution < 1.29 is 39.9 Å². The van der Waals surface area contributed by atoms with E-state index in [1.807, 2.05) is 0 Å². The molecule has 0 aromatic heterocycles. The van der Waals surface area contributed by atoms with Gasteiger partial charge in [-0.3, -0.25) is 4.79 Å². The lowest BCUT2D eigenvalue weighted by molar-refractivity contribution is -0.270. The second kappa shape index (κ2) is 5.36. The van der Waals surface area contributed by atoms with Gasteiger partial charge in [0.25, 0.3) is 0 Å². The van der Waals surface area contributed by atoms with Crippen molar-refractivity contribution in [1.82, 2.24) is 5.32 Å². The summed E-state index contributed by atoms with van der Waals surface area (Å²) in [6.45, 7) is 0. The molecule has 0 bridgehead atoms. The van der Waals surface area contributed by atoms with Crippen LogP contribution in [0.25, 0.3) is 0 Å². The first kappa shape index (κ1) is 17.0. The first-order valence-corrected chi connectivity index (χ1v) is 5.69. The van der Waals surface area contributed by atoms with Gasteiger partial charge in [0.05, 0.1) is 5.92 Å². The summed E-state index contributed by atoms with van der Waals surface area (Å²) in [5, 5.41) is 1.19. The molecule has 20 heavy (non-hydrogen) atoms.